The van der Waals surface area contributed by atoms with Gasteiger partial charge < -0.3 is 4.74 Å². The van der Waals surface area contributed by atoms with Gasteiger partial charge in [0.05, 0.1) is 6.26 Å². The molecule has 0 aromatic heterocycles. The molecule has 0 aliphatic rings. The molecule has 0 N–H and O–H groups in total. The summed E-state index contributed by atoms with van der Waals surface area (Å²) in [5, 5.41) is 0. The first kappa shape index (κ1) is 11.5. The molecule has 0 aliphatic carbocycles. The number of alkyl halides is 1. The predicted molar refractivity (Wildman–Crippen MR) is 49.6 cm³/mol. The molecule has 0 aromatic carbocycles. The van der Waals surface area contributed by atoms with Crippen molar-refractivity contribution in [3.8, 4) is 0 Å². The number of hydrogen-bond donors (Lipinski definition) is 0. The Labute approximate surface area is 74.6 Å². The van der Waals surface area contributed by atoms with Crippen LogP contribution in [0.25, 0.3) is 0 Å². The summed E-state index contributed by atoms with van der Waals surface area (Å²) in [6, 6.07) is 0. The monoisotopic (exact) mass is 174 g/mol. The van der Waals surface area contributed by atoms with Gasteiger partial charge in [0.1, 0.15) is 0 Å². The maximum absolute atomic E-state index is 12.6. The molecule has 1 nitrogen and oxygen atoms in total. The van der Waals surface area contributed by atoms with Gasteiger partial charge in [0.25, 0.3) is 0 Å². The van der Waals surface area contributed by atoms with Crippen molar-refractivity contribution in [1.82, 2.24) is 0 Å². The third-order valence-electron chi connectivity index (χ3n) is 1.78. The third-order valence-corrected chi connectivity index (χ3v) is 1.78. The zero-order valence-corrected chi connectivity index (χ0v) is 7.89. The molecule has 0 bridgehead atoms. The lowest BCUT2D eigenvalue weighted by atomic mass is 10.1. The van der Waals surface area contributed by atoms with E-state index in [1.807, 2.05) is 0 Å². The topological polar surface area (TPSA) is 9.23 Å². The molecular formula is C10H19FO. The molecule has 1 atom stereocenters. The van der Waals surface area contributed by atoms with Gasteiger partial charge >= 0.3 is 0 Å². The lowest BCUT2D eigenvalue weighted by Gasteiger charge is -2.06. The molecule has 0 radical (unpaired) electrons. The zero-order chi connectivity index (χ0) is 9.23. The molecule has 0 aliphatic heterocycles. The molecule has 0 rings (SSSR count). The van der Waals surface area contributed by atoms with Crippen LogP contribution in [0.5, 0.6) is 0 Å². The maximum Gasteiger partial charge on any atom is 0.237 e. The first-order valence-corrected chi connectivity index (χ1v) is 4.71. The molecule has 0 aromatic rings. The quantitative estimate of drug-likeness (QED) is 0.401. The van der Waals surface area contributed by atoms with Crippen LogP contribution < -0.4 is 0 Å². The molecule has 2 heteroatoms. The van der Waals surface area contributed by atoms with Crippen molar-refractivity contribution in [3.05, 3.63) is 12.8 Å². The fraction of sp³-hybridized carbons (Fsp3) is 0.800. The Morgan fingerprint density at radius 3 is 2.58 bits per heavy atom. The molecule has 0 saturated heterocycles. The summed E-state index contributed by atoms with van der Waals surface area (Å²) in [6.45, 7) is 5.46. The van der Waals surface area contributed by atoms with E-state index in [0.717, 1.165) is 19.1 Å². The molecule has 0 spiro atoms. The molecule has 0 saturated carbocycles. The average molecular weight is 174 g/mol. The molecule has 72 valence electrons. The highest BCUT2D eigenvalue weighted by molar-refractivity contribution is 4.53. The summed E-state index contributed by atoms with van der Waals surface area (Å²) in [5.41, 5.74) is 0. The van der Waals surface area contributed by atoms with Crippen LogP contribution in [-0.2, 0) is 4.74 Å². The van der Waals surface area contributed by atoms with Crippen LogP contribution in [0.1, 0.15) is 45.4 Å². The van der Waals surface area contributed by atoms with E-state index in [-0.39, 0.29) is 0 Å². The van der Waals surface area contributed by atoms with Crippen molar-refractivity contribution in [2.75, 3.05) is 0 Å². The molecular weight excluding hydrogens is 155 g/mol. The van der Waals surface area contributed by atoms with Gasteiger partial charge in [0.2, 0.25) is 6.36 Å². The standard InChI is InChI=1S/C10H19FO/c1-3-5-6-7-8-9-10(11)12-4-2/h4,10H,2-3,5-9H2,1H3. The van der Waals surface area contributed by atoms with Gasteiger partial charge in [-0.15, -0.1) is 0 Å². The second-order valence-electron chi connectivity index (χ2n) is 2.92. The highest BCUT2D eigenvalue weighted by atomic mass is 19.1. The van der Waals surface area contributed by atoms with Crippen LogP contribution in [0.2, 0.25) is 0 Å². The Bertz CT molecular complexity index is 104. The zero-order valence-electron chi connectivity index (χ0n) is 7.89. The molecule has 0 heterocycles. The van der Waals surface area contributed by atoms with E-state index in [0.29, 0.717) is 6.42 Å². The van der Waals surface area contributed by atoms with Crippen LogP contribution in [0, 0.1) is 0 Å². The van der Waals surface area contributed by atoms with Gasteiger partial charge in [-0.05, 0) is 6.42 Å². The Morgan fingerprint density at radius 2 is 2.00 bits per heavy atom. The van der Waals surface area contributed by atoms with Crippen molar-refractivity contribution < 1.29 is 9.13 Å². The number of ether oxygens (including phenoxy) is 1. The Morgan fingerprint density at radius 1 is 1.33 bits per heavy atom. The predicted octanol–water partition coefficient (Wildman–Crippen LogP) is 3.80. The van der Waals surface area contributed by atoms with Gasteiger partial charge in [-0.3, -0.25) is 0 Å². The fourth-order valence-corrected chi connectivity index (χ4v) is 1.08. The number of rotatable bonds is 8. The fourth-order valence-electron chi connectivity index (χ4n) is 1.08. The van der Waals surface area contributed by atoms with Crippen LogP contribution in [0.4, 0.5) is 4.39 Å². The van der Waals surface area contributed by atoms with Crippen molar-refractivity contribution >= 4 is 0 Å². The highest BCUT2D eigenvalue weighted by Gasteiger charge is 2.02. The Kier molecular flexibility index (Phi) is 8.19. The average Bonchev–Trinajstić information content (AvgIpc) is 2.05. The van der Waals surface area contributed by atoms with Crippen molar-refractivity contribution in [2.45, 2.75) is 51.8 Å². The van der Waals surface area contributed by atoms with Crippen LogP contribution in [-0.4, -0.2) is 6.36 Å². The summed E-state index contributed by atoms with van der Waals surface area (Å²) < 4.78 is 17.2. The number of hydrogen-bond acceptors (Lipinski definition) is 1. The highest BCUT2D eigenvalue weighted by Crippen LogP contribution is 2.10. The SMILES string of the molecule is C=COC(F)CCCCCCC. The van der Waals surface area contributed by atoms with Gasteiger partial charge in [0, 0.05) is 6.42 Å². The van der Waals surface area contributed by atoms with Crippen LogP contribution >= 0.6 is 0 Å². The molecule has 0 amide bonds. The summed E-state index contributed by atoms with van der Waals surface area (Å²) in [5.74, 6) is 0. The lowest BCUT2D eigenvalue weighted by Crippen LogP contribution is -2.00. The van der Waals surface area contributed by atoms with E-state index in [2.05, 4.69) is 18.2 Å². The number of unbranched alkanes of at least 4 members (excludes halogenated alkanes) is 4. The summed E-state index contributed by atoms with van der Waals surface area (Å²) in [6.07, 6.45) is 6.21. The summed E-state index contributed by atoms with van der Waals surface area (Å²) in [7, 11) is 0. The van der Waals surface area contributed by atoms with E-state index in [9.17, 15) is 4.39 Å². The van der Waals surface area contributed by atoms with E-state index in [1.165, 1.54) is 19.3 Å². The normalized spacial score (nSPS) is 12.5. The van der Waals surface area contributed by atoms with Gasteiger partial charge in [-0.25, -0.2) is 4.39 Å². The summed E-state index contributed by atoms with van der Waals surface area (Å²) in [4.78, 5) is 0. The van der Waals surface area contributed by atoms with Crippen molar-refractivity contribution in [3.63, 3.8) is 0 Å². The second-order valence-corrected chi connectivity index (χ2v) is 2.92. The van der Waals surface area contributed by atoms with E-state index < -0.39 is 6.36 Å². The van der Waals surface area contributed by atoms with Gasteiger partial charge in [-0.1, -0.05) is 39.2 Å². The molecule has 0 fully saturated rings. The van der Waals surface area contributed by atoms with E-state index in [1.54, 1.807) is 0 Å². The van der Waals surface area contributed by atoms with E-state index >= 15 is 0 Å². The minimum atomic E-state index is -1.15. The largest absolute Gasteiger partial charge is 0.469 e. The Balaban J connectivity index is 3.02. The third kappa shape index (κ3) is 7.58. The minimum Gasteiger partial charge on any atom is -0.469 e. The van der Waals surface area contributed by atoms with Gasteiger partial charge in [-0.2, -0.15) is 0 Å². The maximum atomic E-state index is 12.6. The first-order valence-electron chi connectivity index (χ1n) is 4.71. The minimum absolute atomic E-state index is 0.496. The van der Waals surface area contributed by atoms with Crippen molar-refractivity contribution in [2.24, 2.45) is 0 Å². The molecule has 12 heavy (non-hydrogen) atoms. The Hall–Kier alpha value is -0.530. The second kappa shape index (κ2) is 8.57. The van der Waals surface area contributed by atoms with Crippen LogP contribution in [0.15, 0.2) is 12.8 Å². The van der Waals surface area contributed by atoms with Crippen LogP contribution in [0.3, 0.4) is 0 Å². The van der Waals surface area contributed by atoms with Crippen molar-refractivity contribution in [1.29, 1.82) is 0 Å². The lowest BCUT2D eigenvalue weighted by molar-refractivity contribution is 0.0165. The first-order chi connectivity index (χ1) is 5.81. The molecule has 1 unspecified atom stereocenters. The summed E-state index contributed by atoms with van der Waals surface area (Å²) >= 11 is 0. The smallest absolute Gasteiger partial charge is 0.237 e. The van der Waals surface area contributed by atoms with E-state index in [4.69, 9.17) is 0 Å². The number of halogens is 1. The van der Waals surface area contributed by atoms with Gasteiger partial charge in [0.15, 0.2) is 0 Å².